The van der Waals surface area contributed by atoms with E-state index in [4.69, 9.17) is 17.3 Å². The summed E-state index contributed by atoms with van der Waals surface area (Å²) in [6, 6.07) is 3.87. The average molecular weight is 310 g/mol. The Morgan fingerprint density at radius 2 is 2.20 bits per heavy atom. The summed E-state index contributed by atoms with van der Waals surface area (Å²) in [4.78, 5) is 23.8. The van der Waals surface area contributed by atoms with E-state index in [2.05, 4.69) is 9.97 Å². The van der Waals surface area contributed by atoms with Gasteiger partial charge in [0.15, 0.2) is 5.82 Å². The maximum atomic E-state index is 12.2. The molecule has 3 heterocycles. The highest BCUT2D eigenvalue weighted by Crippen LogP contribution is 2.29. The lowest BCUT2D eigenvalue weighted by Gasteiger charge is -2.34. The van der Waals surface area contributed by atoms with Gasteiger partial charge in [-0.05, 0) is 17.5 Å². The van der Waals surface area contributed by atoms with Crippen molar-refractivity contribution in [3.8, 4) is 0 Å². The molecule has 0 atom stereocenters. The van der Waals surface area contributed by atoms with Crippen LogP contribution in [0.3, 0.4) is 0 Å². The summed E-state index contributed by atoms with van der Waals surface area (Å²) < 4.78 is 0. The monoisotopic (exact) mass is 309 g/mol. The molecule has 0 bridgehead atoms. The Hall–Kier alpha value is -1.86. The number of nitrogens with two attached hydrogens (primary N) is 1. The molecule has 6 nitrogen and oxygen atoms in total. The summed E-state index contributed by atoms with van der Waals surface area (Å²) in [5, 5.41) is 3.21. The van der Waals surface area contributed by atoms with E-state index in [1.807, 2.05) is 22.4 Å². The molecule has 0 radical (unpaired) electrons. The summed E-state index contributed by atoms with van der Waals surface area (Å²) in [5.41, 5.74) is 5.66. The van der Waals surface area contributed by atoms with Crippen LogP contribution in [0.1, 0.15) is 0 Å². The lowest BCUT2D eigenvalue weighted by atomic mass is 10.3. The quantitative estimate of drug-likeness (QED) is 0.912. The van der Waals surface area contributed by atoms with Crippen LogP contribution in [0.25, 0.3) is 0 Å². The number of piperazine rings is 1. The van der Waals surface area contributed by atoms with Gasteiger partial charge in [-0.25, -0.2) is 9.97 Å². The zero-order valence-corrected chi connectivity index (χ0v) is 12.1. The van der Waals surface area contributed by atoms with Crippen LogP contribution in [0.5, 0.6) is 0 Å². The molecule has 20 heavy (non-hydrogen) atoms. The fourth-order valence-electron chi connectivity index (χ4n) is 2.10. The molecule has 1 fully saturated rings. The van der Waals surface area contributed by atoms with E-state index in [0.717, 1.165) is 5.00 Å². The maximum Gasteiger partial charge on any atom is 0.247 e. The van der Waals surface area contributed by atoms with Gasteiger partial charge in [-0.1, -0.05) is 11.6 Å². The third-order valence-corrected chi connectivity index (χ3v) is 4.34. The number of hydrogen-bond donors (Lipinski definition) is 1. The largest absolute Gasteiger partial charge is 0.382 e. The molecule has 0 aromatic carbocycles. The zero-order chi connectivity index (χ0) is 14.1. The molecule has 2 aromatic heterocycles. The van der Waals surface area contributed by atoms with Crippen molar-refractivity contribution in [2.75, 3.05) is 35.2 Å². The van der Waals surface area contributed by atoms with E-state index in [0.29, 0.717) is 23.9 Å². The van der Waals surface area contributed by atoms with Crippen LogP contribution in [0, 0.1) is 0 Å². The van der Waals surface area contributed by atoms with Crippen LogP contribution < -0.4 is 15.5 Å². The van der Waals surface area contributed by atoms with Crippen LogP contribution >= 0.6 is 22.9 Å². The standard InChI is InChI=1S/C12H12ClN5OS/c13-10-11(14)15-7-16-12(10)17-3-4-18(8(19)6-17)9-2-1-5-20-9/h1-2,5,7H,3-4,6H2,(H2,14,15,16). The van der Waals surface area contributed by atoms with E-state index in [9.17, 15) is 4.79 Å². The highest BCUT2D eigenvalue weighted by atomic mass is 35.5. The lowest BCUT2D eigenvalue weighted by molar-refractivity contribution is -0.117. The van der Waals surface area contributed by atoms with Gasteiger partial charge in [-0.15, -0.1) is 11.3 Å². The topological polar surface area (TPSA) is 75.3 Å². The van der Waals surface area contributed by atoms with Crippen molar-refractivity contribution in [3.05, 3.63) is 28.9 Å². The second-order valence-corrected chi connectivity index (χ2v) is 5.62. The van der Waals surface area contributed by atoms with Gasteiger partial charge in [-0.2, -0.15) is 0 Å². The van der Waals surface area contributed by atoms with Crippen molar-refractivity contribution in [1.82, 2.24) is 9.97 Å². The summed E-state index contributed by atoms with van der Waals surface area (Å²) in [5.74, 6) is 0.759. The zero-order valence-electron chi connectivity index (χ0n) is 10.5. The number of carbonyl (C=O) groups excluding carboxylic acids is 1. The van der Waals surface area contributed by atoms with Crippen molar-refractivity contribution < 1.29 is 4.79 Å². The number of halogens is 1. The van der Waals surface area contributed by atoms with Crippen molar-refractivity contribution in [3.63, 3.8) is 0 Å². The van der Waals surface area contributed by atoms with Crippen LogP contribution in [0.4, 0.5) is 16.6 Å². The van der Waals surface area contributed by atoms with Crippen molar-refractivity contribution in [1.29, 1.82) is 0 Å². The Morgan fingerprint density at radius 1 is 1.35 bits per heavy atom. The van der Waals surface area contributed by atoms with E-state index in [1.54, 1.807) is 16.2 Å². The molecule has 1 saturated heterocycles. The van der Waals surface area contributed by atoms with E-state index in [1.165, 1.54) is 6.33 Å². The van der Waals surface area contributed by atoms with Gasteiger partial charge in [0.05, 0.1) is 11.5 Å². The third kappa shape index (κ3) is 2.30. The molecule has 2 aromatic rings. The summed E-state index contributed by atoms with van der Waals surface area (Å²) in [7, 11) is 0. The molecular formula is C12H12ClN5OS. The molecule has 1 aliphatic heterocycles. The minimum Gasteiger partial charge on any atom is -0.382 e. The molecule has 104 valence electrons. The number of thiophene rings is 1. The minimum absolute atomic E-state index is 0.0203. The third-order valence-electron chi connectivity index (χ3n) is 3.09. The molecule has 0 saturated carbocycles. The Balaban J connectivity index is 1.80. The normalized spacial score (nSPS) is 15.8. The van der Waals surface area contributed by atoms with Gasteiger partial charge < -0.3 is 15.5 Å². The van der Waals surface area contributed by atoms with Gasteiger partial charge >= 0.3 is 0 Å². The minimum atomic E-state index is 0.0203. The number of carbonyl (C=O) groups is 1. The highest BCUT2D eigenvalue weighted by Gasteiger charge is 2.27. The van der Waals surface area contributed by atoms with Gasteiger partial charge in [0.2, 0.25) is 5.91 Å². The van der Waals surface area contributed by atoms with Gasteiger partial charge in [0, 0.05) is 13.1 Å². The number of rotatable bonds is 2. The number of amides is 1. The molecular weight excluding hydrogens is 298 g/mol. The molecule has 2 N–H and O–H groups in total. The van der Waals surface area contributed by atoms with E-state index >= 15 is 0 Å². The van der Waals surface area contributed by atoms with E-state index < -0.39 is 0 Å². The maximum absolute atomic E-state index is 12.2. The molecule has 3 rings (SSSR count). The van der Waals surface area contributed by atoms with E-state index in [-0.39, 0.29) is 18.3 Å². The number of nitrogens with zero attached hydrogens (tertiary/aromatic N) is 4. The summed E-state index contributed by atoms with van der Waals surface area (Å²) in [6.07, 6.45) is 1.35. The van der Waals surface area contributed by atoms with Gasteiger partial charge in [0.1, 0.15) is 17.2 Å². The fraction of sp³-hybridized carbons (Fsp3) is 0.250. The number of anilines is 3. The highest BCUT2D eigenvalue weighted by molar-refractivity contribution is 7.14. The van der Waals surface area contributed by atoms with Gasteiger partial charge in [-0.3, -0.25) is 4.79 Å². The van der Waals surface area contributed by atoms with Crippen LogP contribution in [-0.4, -0.2) is 35.5 Å². The second-order valence-electron chi connectivity index (χ2n) is 4.31. The van der Waals surface area contributed by atoms with Crippen molar-refractivity contribution in [2.24, 2.45) is 0 Å². The SMILES string of the molecule is Nc1ncnc(N2CCN(c3cccs3)C(=O)C2)c1Cl. The molecule has 8 heteroatoms. The number of nitrogen functional groups attached to an aromatic ring is 1. The Morgan fingerprint density at radius 3 is 2.90 bits per heavy atom. The molecule has 0 unspecified atom stereocenters. The second kappa shape index (κ2) is 5.26. The van der Waals surface area contributed by atoms with Crippen LogP contribution in [0.15, 0.2) is 23.8 Å². The van der Waals surface area contributed by atoms with Crippen molar-refractivity contribution in [2.45, 2.75) is 0 Å². The first kappa shape index (κ1) is 13.1. The molecule has 1 amide bonds. The van der Waals surface area contributed by atoms with Gasteiger partial charge in [0.25, 0.3) is 0 Å². The Bertz CT molecular complexity index is 633. The fourth-order valence-corrected chi connectivity index (χ4v) is 3.10. The predicted molar refractivity (Wildman–Crippen MR) is 80.3 cm³/mol. The summed E-state index contributed by atoms with van der Waals surface area (Å²) >= 11 is 7.65. The van der Waals surface area contributed by atoms with Crippen LogP contribution in [0.2, 0.25) is 5.02 Å². The predicted octanol–water partition coefficient (Wildman–Crippen LogP) is 1.63. The summed E-state index contributed by atoms with van der Waals surface area (Å²) in [6.45, 7) is 1.48. The Kier molecular flexibility index (Phi) is 3.45. The van der Waals surface area contributed by atoms with Crippen LogP contribution in [-0.2, 0) is 4.79 Å². The molecule has 0 spiro atoms. The smallest absolute Gasteiger partial charge is 0.247 e. The lowest BCUT2D eigenvalue weighted by Crippen LogP contribution is -2.50. The first-order valence-electron chi connectivity index (χ1n) is 6.01. The Labute approximate surface area is 124 Å². The van der Waals surface area contributed by atoms with Crippen molar-refractivity contribution >= 4 is 45.5 Å². The first-order chi connectivity index (χ1) is 9.66. The average Bonchev–Trinajstić information content (AvgIpc) is 2.95. The molecule has 1 aliphatic rings. The first-order valence-corrected chi connectivity index (χ1v) is 7.27. The number of hydrogen-bond acceptors (Lipinski definition) is 6. The molecule has 0 aliphatic carbocycles. The number of aromatic nitrogens is 2.